The topological polar surface area (TPSA) is 52.6 Å². The van der Waals surface area contributed by atoms with E-state index in [4.69, 9.17) is 16.7 Å². The number of halogens is 1. The van der Waals surface area contributed by atoms with Gasteiger partial charge < -0.3 is 15.3 Å². The molecule has 2 unspecified atom stereocenters. The average Bonchev–Trinajstić information content (AvgIpc) is 2.95. The number of benzene rings is 1. The number of nitrogens with one attached hydrogen (secondary N) is 1. The van der Waals surface area contributed by atoms with Gasteiger partial charge in [0.15, 0.2) is 0 Å². The molecule has 4 nitrogen and oxygen atoms in total. The van der Waals surface area contributed by atoms with Crippen molar-refractivity contribution in [1.29, 1.82) is 0 Å². The summed E-state index contributed by atoms with van der Waals surface area (Å²) in [6.07, 6.45) is 3.43. The molecule has 1 aromatic carbocycles. The van der Waals surface area contributed by atoms with Gasteiger partial charge in [-0.3, -0.25) is 0 Å². The van der Waals surface area contributed by atoms with Gasteiger partial charge >= 0.3 is 6.03 Å². The zero-order valence-electron chi connectivity index (χ0n) is 12.4. The lowest BCUT2D eigenvalue weighted by Crippen LogP contribution is -2.43. The van der Waals surface area contributed by atoms with Gasteiger partial charge in [0.1, 0.15) is 0 Å². The first-order valence-electron chi connectivity index (χ1n) is 7.56. The highest BCUT2D eigenvalue weighted by Gasteiger charge is 2.31. The molecule has 2 atom stereocenters. The van der Waals surface area contributed by atoms with Gasteiger partial charge in [0.25, 0.3) is 0 Å². The molecule has 1 heterocycles. The molecule has 5 heteroatoms. The van der Waals surface area contributed by atoms with Crippen LogP contribution < -0.4 is 5.32 Å². The Hall–Kier alpha value is -1.26. The first-order valence-corrected chi connectivity index (χ1v) is 7.93. The number of hydrogen-bond donors (Lipinski definition) is 2. The third-order valence-corrected chi connectivity index (χ3v) is 4.29. The van der Waals surface area contributed by atoms with E-state index in [1.165, 1.54) is 0 Å². The minimum absolute atomic E-state index is 0.0390. The minimum atomic E-state index is -0.0390. The molecule has 1 aliphatic rings. The number of carbonyl (C=O) groups excluding carboxylic acids is 1. The van der Waals surface area contributed by atoms with Gasteiger partial charge in [-0.05, 0) is 44.2 Å². The van der Waals surface area contributed by atoms with E-state index in [-0.39, 0.29) is 24.7 Å². The van der Waals surface area contributed by atoms with E-state index < -0.39 is 0 Å². The Labute approximate surface area is 131 Å². The van der Waals surface area contributed by atoms with Crippen LogP contribution in [0.25, 0.3) is 0 Å². The van der Waals surface area contributed by atoms with Gasteiger partial charge in [-0.2, -0.15) is 0 Å². The van der Waals surface area contributed by atoms with Crippen LogP contribution in [0.1, 0.15) is 44.2 Å². The van der Waals surface area contributed by atoms with E-state index in [9.17, 15) is 4.79 Å². The zero-order valence-corrected chi connectivity index (χ0v) is 13.1. The SMILES string of the molecule is CC(CCCO)NC(=O)N1CCCC1c1ccccc1Cl. The van der Waals surface area contributed by atoms with E-state index in [1.807, 2.05) is 36.1 Å². The van der Waals surface area contributed by atoms with Gasteiger partial charge in [0.2, 0.25) is 0 Å². The second-order valence-corrected chi connectivity index (χ2v) is 6.00. The quantitative estimate of drug-likeness (QED) is 0.876. The maximum absolute atomic E-state index is 12.4. The molecule has 0 spiro atoms. The number of rotatable bonds is 5. The molecule has 0 aromatic heterocycles. The maximum atomic E-state index is 12.4. The molecular formula is C16H23ClN2O2. The summed E-state index contributed by atoms with van der Waals surface area (Å²) >= 11 is 6.26. The number of amides is 2. The van der Waals surface area contributed by atoms with Crippen molar-refractivity contribution in [2.45, 2.75) is 44.7 Å². The largest absolute Gasteiger partial charge is 0.396 e. The molecule has 0 radical (unpaired) electrons. The first kappa shape index (κ1) is 16.1. The van der Waals surface area contributed by atoms with Crippen molar-refractivity contribution in [3.8, 4) is 0 Å². The van der Waals surface area contributed by atoms with Crippen LogP contribution in [-0.2, 0) is 0 Å². The Morgan fingerprint density at radius 2 is 2.29 bits per heavy atom. The number of carbonyl (C=O) groups is 1. The molecule has 21 heavy (non-hydrogen) atoms. The summed E-state index contributed by atoms with van der Waals surface area (Å²) in [6, 6.07) is 7.81. The van der Waals surface area contributed by atoms with E-state index in [2.05, 4.69) is 5.32 Å². The molecule has 0 aliphatic carbocycles. The summed E-state index contributed by atoms with van der Waals surface area (Å²) in [5.74, 6) is 0. The highest BCUT2D eigenvalue weighted by atomic mass is 35.5. The molecule has 0 bridgehead atoms. The van der Waals surface area contributed by atoms with Crippen molar-refractivity contribution in [2.24, 2.45) is 0 Å². The third-order valence-electron chi connectivity index (χ3n) is 3.94. The molecule has 2 rings (SSSR count). The van der Waals surface area contributed by atoms with E-state index in [0.717, 1.165) is 36.4 Å². The monoisotopic (exact) mass is 310 g/mol. The summed E-state index contributed by atoms with van der Waals surface area (Å²) in [6.45, 7) is 2.88. The lowest BCUT2D eigenvalue weighted by molar-refractivity contribution is 0.188. The number of nitrogens with zero attached hydrogens (tertiary/aromatic N) is 1. The van der Waals surface area contributed by atoms with Crippen LogP contribution in [0.3, 0.4) is 0 Å². The van der Waals surface area contributed by atoms with E-state index >= 15 is 0 Å². The summed E-state index contributed by atoms with van der Waals surface area (Å²) in [5.41, 5.74) is 1.02. The number of aliphatic hydroxyl groups excluding tert-OH is 1. The van der Waals surface area contributed by atoms with Crippen molar-refractivity contribution in [3.05, 3.63) is 34.9 Å². The number of likely N-dealkylation sites (tertiary alicyclic amines) is 1. The molecule has 2 amide bonds. The van der Waals surface area contributed by atoms with Crippen molar-refractivity contribution in [3.63, 3.8) is 0 Å². The van der Waals surface area contributed by atoms with Gasteiger partial charge in [0.05, 0.1) is 6.04 Å². The van der Waals surface area contributed by atoms with Crippen molar-refractivity contribution >= 4 is 17.6 Å². The van der Waals surface area contributed by atoms with Gasteiger partial charge in [0, 0.05) is 24.2 Å². The van der Waals surface area contributed by atoms with Crippen LogP contribution in [-0.4, -0.2) is 35.2 Å². The maximum Gasteiger partial charge on any atom is 0.318 e. The molecule has 1 aliphatic heterocycles. The summed E-state index contributed by atoms with van der Waals surface area (Å²) in [5, 5.41) is 12.6. The smallest absolute Gasteiger partial charge is 0.318 e. The molecule has 116 valence electrons. The second-order valence-electron chi connectivity index (χ2n) is 5.59. The van der Waals surface area contributed by atoms with Crippen LogP contribution in [0.2, 0.25) is 5.02 Å². The van der Waals surface area contributed by atoms with Gasteiger partial charge in [-0.25, -0.2) is 4.79 Å². The normalized spacial score (nSPS) is 19.6. The van der Waals surface area contributed by atoms with Crippen LogP contribution in [0, 0.1) is 0 Å². The highest BCUT2D eigenvalue weighted by molar-refractivity contribution is 6.31. The van der Waals surface area contributed by atoms with Gasteiger partial charge in [-0.15, -0.1) is 0 Å². The Morgan fingerprint density at radius 3 is 3.00 bits per heavy atom. The third kappa shape index (κ3) is 4.11. The molecule has 1 aromatic rings. The summed E-state index contributed by atoms with van der Waals surface area (Å²) in [4.78, 5) is 14.3. The molecule has 1 fully saturated rings. The van der Waals surface area contributed by atoms with E-state index in [0.29, 0.717) is 6.42 Å². The lowest BCUT2D eigenvalue weighted by atomic mass is 10.0. The molecule has 2 N–H and O–H groups in total. The van der Waals surface area contributed by atoms with Crippen molar-refractivity contribution in [2.75, 3.05) is 13.2 Å². The Morgan fingerprint density at radius 1 is 1.52 bits per heavy atom. The predicted octanol–water partition coefficient (Wildman–Crippen LogP) is 3.35. The Kier molecular flexibility index (Phi) is 5.88. The molecule has 1 saturated heterocycles. The number of urea groups is 1. The van der Waals surface area contributed by atoms with E-state index in [1.54, 1.807) is 0 Å². The van der Waals surface area contributed by atoms with Crippen LogP contribution in [0.15, 0.2) is 24.3 Å². The fraction of sp³-hybridized carbons (Fsp3) is 0.562. The Bertz CT molecular complexity index is 481. The highest BCUT2D eigenvalue weighted by Crippen LogP contribution is 2.35. The molecule has 0 saturated carbocycles. The molecular weight excluding hydrogens is 288 g/mol. The average molecular weight is 311 g/mol. The fourth-order valence-corrected chi connectivity index (χ4v) is 3.10. The predicted molar refractivity (Wildman–Crippen MR) is 84.4 cm³/mol. The Balaban J connectivity index is 2.01. The van der Waals surface area contributed by atoms with Crippen LogP contribution in [0.5, 0.6) is 0 Å². The fourth-order valence-electron chi connectivity index (χ4n) is 2.84. The second kappa shape index (κ2) is 7.66. The van der Waals surface area contributed by atoms with Gasteiger partial charge in [-0.1, -0.05) is 29.8 Å². The van der Waals surface area contributed by atoms with Crippen LogP contribution >= 0.6 is 11.6 Å². The summed E-state index contributed by atoms with van der Waals surface area (Å²) in [7, 11) is 0. The van der Waals surface area contributed by atoms with Crippen LogP contribution in [0.4, 0.5) is 4.79 Å². The lowest BCUT2D eigenvalue weighted by Gasteiger charge is -2.27. The number of aliphatic hydroxyl groups is 1. The van der Waals surface area contributed by atoms with Crippen molar-refractivity contribution < 1.29 is 9.90 Å². The standard InChI is InChI=1S/C16H23ClN2O2/c1-12(6-5-11-20)18-16(21)19-10-4-9-15(19)13-7-2-3-8-14(13)17/h2-3,7-8,12,15,20H,4-6,9-11H2,1H3,(H,18,21). The van der Waals surface area contributed by atoms with Crippen molar-refractivity contribution in [1.82, 2.24) is 10.2 Å². The first-order chi connectivity index (χ1) is 10.1. The zero-order chi connectivity index (χ0) is 15.2. The minimum Gasteiger partial charge on any atom is -0.396 e. The summed E-state index contributed by atoms with van der Waals surface area (Å²) < 4.78 is 0. The number of hydrogen-bond acceptors (Lipinski definition) is 2.